The van der Waals surface area contributed by atoms with E-state index in [9.17, 15) is 4.79 Å². The van der Waals surface area contributed by atoms with Gasteiger partial charge < -0.3 is 16.2 Å². The predicted molar refractivity (Wildman–Crippen MR) is 78.7 cm³/mol. The summed E-state index contributed by atoms with van der Waals surface area (Å²) in [6.07, 6.45) is 0.608. The minimum atomic E-state index is -0.267. The minimum Gasteiger partial charge on any atom is -0.397 e. The van der Waals surface area contributed by atoms with Crippen LogP contribution in [0.15, 0.2) is 12.1 Å². The molecule has 0 aromatic heterocycles. The highest BCUT2D eigenvalue weighted by atomic mass is 35.5. The van der Waals surface area contributed by atoms with Crippen LogP contribution in [0.4, 0.5) is 5.69 Å². The minimum absolute atomic E-state index is 0.0859. The smallest absolute Gasteiger partial charge is 0.251 e. The molecule has 0 spiro atoms. The molecule has 0 aliphatic rings. The first-order valence-electron chi connectivity index (χ1n) is 5.90. The van der Waals surface area contributed by atoms with Gasteiger partial charge in [-0.15, -0.1) is 0 Å². The molecule has 0 aliphatic carbocycles. The van der Waals surface area contributed by atoms with Crippen LogP contribution in [0.1, 0.15) is 30.6 Å². The van der Waals surface area contributed by atoms with E-state index in [1.165, 1.54) is 12.1 Å². The van der Waals surface area contributed by atoms with Gasteiger partial charge in [0.15, 0.2) is 0 Å². The number of hydrogen-bond donors (Lipinski definition) is 3. The predicted octanol–water partition coefficient (Wildman–Crippen LogP) is 2.71. The molecule has 0 heterocycles. The molecule has 0 saturated carbocycles. The number of nitrogens with two attached hydrogens (primary N) is 1. The van der Waals surface area contributed by atoms with Crippen molar-refractivity contribution in [1.82, 2.24) is 5.32 Å². The van der Waals surface area contributed by atoms with E-state index in [0.29, 0.717) is 18.5 Å². The van der Waals surface area contributed by atoms with Crippen LogP contribution in [0.25, 0.3) is 0 Å². The Morgan fingerprint density at radius 1 is 1.42 bits per heavy atom. The fourth-order valence-electron chi connectivity index (χ4n) is 1.55. The topological polar surface area (TPSA) is 75.3 Å². The molecule has 0 unspecified atom stereocenters. The molecule has 0 radical (unpaired) electrons. The maximum atomic E-state index is 12.0. The van der Waals surface area contributed by atoms with E-state index in [1.807, 2.05) is 13.8 Å². The Balaban J connectivity index is 2.74. The first-order valence-corrected chi connectivity index (χ1v) is 6.66. The van der Waals surface area contributed by atoms with Crippen molar-refractivity contribution in [2.24, 2.45) is 5.41 Å². The maximum absolute atomic E-state index is 12.0. The van der Waals surface area contributed by atoms with E-state index in [0.717, 1.165) is 0 Å². The number of nitrogens with one attached hydrogen (secondary N) is 1. The first-order chi connectivity index (χ1) is 8.76. The highest BCUT2D eigenvalue weighted by molar-refractivity contribution is 6.43. The molecule has 0 fully saturated rings. The van der Waals surface area contributed by atoms with Crippen molar-refractivity contribution in [3.05, 3.63) is 27.7 Å². The number of rotatable bonds is 5. The Morgan fingerprint density at radius 3 is 2.58 bits per heavy atom. The van der Waals surface area contributed by atoms with Crippen molar-refractivity contribution in [2.75, 3.05) is 18.9 Å². The third-order valence-electron chi connectivity index (χ3n) is 2.83. The Bertz CT molecular complexity index is 453. The summed E-state index contributed by atoms with van der Waals surface area (Å²) in [5.41, 5.74) is 6.12. The van der Waals surface area contributed by atoms with Gasteiger partial charge in [0, 0.05) is 18.7 Å². The monoisotopic (exact) mass is 304 g/mol. The number of benzene rings is 1. The summed E-state index contributed by atoms with van der Waals surface area (Å²) in [5, 5.41) is 12.2. The number of aliphatic hydroxyl groups is 1. The van der Waals surface area contributed by atoms with Crippen molar-refractivity contribution < 1.29 is 9.90 Å². The second-order valence-electron chi connectivity index (χ2n) is 5.18. The summed E-state index contributed by atoms with van der Waals surface area (Å²) in [4.78, 5) is 12.0. The molecule has 19 heavy (non-hydrogen) atoms. The van der Waals surface area contributed by atoms with Gasteiger partial charge in [0.1, 0.15) is 0 Å². The standard InChI is InChI=1S/C13H18Cl2N2O2/c1-13(2,3-4-18)7-17-12(19)8-5-9(14)11(15)10(16)6-8/h5-6,18H,3-4,7,16H2,1-2H3,(H,17,19). The number of halogens is 2. The van der Waals surface area contributed by atoms with Crippen molar-refractivity contribution in [3.63, 3.8) is 0 Å². The number of hydrogen-bond acceptors (Lipinski definition) is 3. The average Bonchev–Trinajstić information content (AvgIpc) is 2.32. The van der Waals surface area contributed by atoms with Gasteiger partial charge in [-0.1, -0.05) is 37.0 Å². The van der Waals surface area contributed by atoms with E-state index in [4.69, 9.17) is 34.0 Å². The second kappa shape index (κ2) is 6.46. The van der Waals surface area contributed by atoms with Crippen LogP contribution in [0, 0.1) is 5.41 Å². The molecule has 1 rings (SSSR count). The number of carbonyl (C=O) groups is 1. The third kappa shape index (κ3) is 4.56. The molecular weight excluding hydrogens is 287 g/mol. The van der Waals surface area contributed by atoms with Crippen LogP contribution < -0.4 is 11.1 Å². The van der Waals surface area contributed by atoms with Crippen LogP contribution in [0.5, 0.6) is 0 Å². The average molecular weight is 305 g/mol. The highest BCUT2D eigenvalue weighted by Crippen LogP contribution is 2.29. The summed E-state index contributed by atoms with van der Waals surface area (Å²) >= 11 is 11.7. The van der Waals surface area contributed by atoms with Gasteiger partial charge in [0.25, 0.3) is 5.91 Å². The summed E-state index contributed by atoms with van der Waals surface area (Å²) in [6.45, 7) is 4.47. The molecule has 0 bridgehead atoms. The molecule has 1 aromatic carbocycles. The lowest BCUT2D eigenvalue weighted by atomic mass is 9.89. The van der Waals surface area contributed by atoms with Gasteiger partial charge in [-0.25, -0.2) is 0 Å². The zero-order valence-electron chi connectivity index (χ0n) is 11.0. The Labute approximate surface area is 122 Å². The second-order valence-corrected chi connectivity index (χ2v) is 5.97. The van der Waals surface area contributed by atoms with Crippen LogP contribution in [0.3, 0.4) is 0 Å². The summed E-state index contributed by atoms with van der Waals surface area (Å²) < 4.78 is 0. The molecule has 6 heteroatoms. The van der Waals surface area contributed by atoms with Gasteiger partial charge in [0.2, 0.25) is 0 Å². The van der Waals surface area contributed by atoms with Gasteiger partial charge in [-0.05, 0) is 24.0 Å². The molecule has 0 saturated heterocycles. The highest BCUT2D eigenvalue weighted by Gasteiger charge is 2.19. The lowest BCUT2D eigenvalue weighted by Gasteiger charge is -2.23. The van der Waals surface area contributed by atoms with Crippen molar-refractivity contribution in [2.45, 2.75) is 20.3 Å². The zero-order valence-corrected chi connectivity index (χ0v) is 12.5. The Kier molecular flexibility index (Phi) is 5.47. The fraction of sp³-hybridized carbons (Fsp3) is 0.462. The third-order valence-corrected chi connectivity index (χ3v) is 3.65. The number of aliphatic hydroxyl groups excluding tert-OH is 1. The van der Waals surface area contributed by atoms with Crippen LogP contribution in [0.2, 0.25) is 10.0 Å². The van der Waals surface area contributed by atoms with Crippen molar-refractivity contribution in [3.8, 4) is 0 Å². The molecule has 0 aliphatic heterocycles. The van der Waals surface area contributed by atoms with Crippen LogP contribution >= 0.6 is 23.2 Å². The Hall–Kier alpha value is -0.970. The fourth-order valence-corrected chi connectivity index (χ4v) is 1.89. The van der Waals surface area contributed by atoms with Crippen LogP contribution in [-0.2, 0) is 0 Å². The van der Waals surface area contributed by atoms with Crippen molar-refractivity contribution in [1.29, 1.82) is 0 Å². The molecule has 4 N–H and O–H groups in total. The molecule has 1 amide bonds. The lowest BCUT2D eigenvalue weighted by molar-refractivity contribution is 0.0928. The largest absolute Gasteiger partial charge is 0.397 e. The van der Waals surface area contributed by atoms with E-state index >= 15 is 0 Å². The quantitative estimate of drug-likeness (QED) is 0.732. The first kappa shape index (κ1) is 16.1. The van der Waals surface area contributed by atoms with E-state index in [2.05, 4.69) is 5.32 Å². The van der Waals surface area contributed by atoms with Gasteiger partial charge in [-0.3, -0.25) is 4.79 Å². The Morgan fingerprint density at radius 2 is 2.05 bits per heavy atom. The number of carbonyl (C=O) groups excluding carboxylic acids is 1. The number of amides is 1. The van der Waals surface area contributed by atoms with E-state index < -0.39 is 0 Å². The molecule has 106 valence electrons. The molecule has 4 nitrogen and oxygen atoms in total. The lowest BCUT2D eigenvalue weighted by Crippen LogP contribution is -2.34. The SMILES string of the molecule is CC(C)(CCO)CNC(=O)c1cc(N)c(Cl)c(Cl)c1. The molecule has 1 aromatic rings. The number of anilines is 1. The summed E-state index contributed by atoms with van der Waals surface area (Å²) in [6, 6.07) is 2.97. The maximum Gasteiger partial charge on any atom is 0.251 e. The summed E-state index contributed by atoms with van der Waals surface area (Å²) in [7, 11) is 0. The zero-order chi connectivity index (χ0) is 14.6. The van der Waals surface area contributed by atoms with E-state index in [1.54, 1.807) is 0 Å². The van der Waals surface area contributed by atoms with Crippen LogP contribution in [-0.4, -0.2) is 24.2 Å². The number of nitrogen functional groups attached to an aromatic ring is 1. The van der Waals surface area contributed by atoms with Gasteiger partial charge >= 0.3 is 0 Å². The molecular formula is C13H18Cl2N2O2. The summed E-state index contributed by atoms with van der Waals surface area (Å²) in [5.74, 6) is -0.267. The van der Waals surface area contributed by atoms with Gasteiger partial charge in [-0.2, -0.15) is 0 Å². The normalized spacial score (nSPS) is 11.4. The van der Waals surface area contributed by atoms with E-state index in [-0.39, 0.29) is 33.7 Å². The van der Waals surface area contributed by atoms with Crippen molar-refractivity contribution >= 4 is 34.8 Å². The van der Waals surface area contributed by atoms with Gasteiger partial charge in [0.05, 0.1) is 15.7 Å². The molecule has 0 atom stereocenters.